The van der Waals surface area contributed by atoms with Crippen molar-refractivity contribution in [3.8, 4) is 0 Å². The molecule has 4 nitrogen and oxygen atoms in total. The van der Waals surface area contributed by atoms with Crippen molar-refractivity contribution in [3.63, 3.8) is 0 Å². The van der Waals surface area contributed by atoms with Crippen LogP contribution in [0.1, 0.15) is 49.7 Å². The monoisotopic (exact) mass is 435 g/mol. The normalized spacial score (nSPS) is 15.2. The van der Waals surface area contributed by atoms with Gasteiger partial charge in [-0.2, -0.15) is 0 Å². The second-order valence-corrected chi connectivity index (χ2v) is 7.89. The Kier molecular flexibility index (Phi) is 9.59. The van der Waals surface area contributed by atoms with E-state index in [1.54, 1.807) is 11.9 Å². The summed E-state index contributed by atoms with van der Waals surface area (Å²) in [6, 6.07) is 11.0. The van der Waals surface area contributed by atoms with Crippen molar-refractivity contribution in [1.82, 2.24) is 9.80 Å². The minimum Gasteiger partial charge on any atom is -0.336 e. The van der Waals surface area contributed by atoms with Gasteiger partial charge >= 0.3 is 0 Å². The molecule has 164 valence electrons. The molecule has 2 aromatic carbocycles. The number of amides is 1. The molecule has 0 aliphatic carbocycles. The largest absolute Gasteiger partial charge is 0.336 e. The molecular weight excluding hydrogens is 404 g/mol. The van der Waals surface area contributed by atoms with Crippen LogP contribution in [0.15, 0.2) is 42.5 Å². The predicted molar refractivity (Wildman–Crippen MR) is 122 cm³/mol. The van der Waals surface area contributed by atoms with E-state index in [0.717, 1.165) is 17.5 Å². The van der Waals surface area contributed by atoms with Gasteiger partial charge in [0.2, 0.25) is 0 Å². The molecule has 1 aliphatic rings. The van der Waals surface area contributed by atoms with Crippen LogP contribution in [-0.4, -0.2) is 47.6 Å². The van der Waals surface area contributed by atoms with E-state index in [2.05, 4.69) is 16.5 Å². The average molecular weight is 436 g/mol. The highest BCUT2D eigenvalue weighted by Crippen LogP contribution is 2.24. The zero-order valence-corrected chi connectivity index (χ0v) is 18.9. The first kappa shape index (κ1) is 24.2. The fraction of sp³-hybridized carbons (Fsp3) is 0.435. The van der Waals surface area contributed by atoms with Crippen LogP contribution in [0.25, 0.3) is 0 Å². The molecule has 1 N–H and O–H groups in total. The molecular formula is C23H31F2N3OS. The number of carbonyl (C=O) groups is 1. The summed E-state index contributed by atoms with van der Waals surface area (Å²) >= 11 is 1.61. The summed E-state index contributed by atoms with van der Waals surface area (Å²) < 4.78 is 30.2. The van der Waals surface area contributed by atoms with Crippen LogP contribution in [0.4, 0.5) is 14.5 Å². The number of carbonyl (C=O) groups excluding carboxylic acids is 1. The Morgan fingerprint density at radius 3 is 2.13 bits per heavy atom. The van der Waals surface area contributed by atoms with E-state index in [4.69, 9.17) is 0 Å². The van der Waals surface area contributed by atoms with Gasteiger partial charge in [0.25, 0.3) is 5.91 Å². The molecule has 0 radical (unpaired) electrons. The zero-order chi connectivity index (χ0) is 22.1. The maximum Gasteiger partial charge on any atom is 0.253 e. The molecule has 1 aliphatic heterocycles. The Morgan fingerprint density at radius 2 is 1.60 bits per heavy atom. The Balaban J connectivity index is 0.00000155. The number of hydrogen-bond acceptors (Lipinski definition) is 4. The molecule has 1 fully saturated rings. The lowest BCUT2D eigenvalue weighted by molar-refractivity contribution is 0.0582. The summed E-state index contributed by atoms with van der Waals surface area (Å²) in [5.41, 5.74) is 2.26. The summed E-state index contributed by atoms with van der Waals surface area (Å²) in [5.74, 6) is -0.151. The van der Waals surface area contributed by atoms with Crippen LogP contribution < -0.4 is 4.72 Å². The molecule has 1 unspecified atom stereocenters. The first-order valence-electron chi connectivity index (χ1n) is 10.4. The Hall–Kier alpha value is -2.12. The highest BCUT2D eigenvalue weighted by Gasteiger charge is 2.25. The third-order valence-corrected chi connectivity index (χ3v) is 5.65. The van der Waals surface area contributed by atoms with Crippen molar-refractivity contribution in [2.75, 3.05) is 36.7 Å². The molecule has 2 aromatic rings. The number of nitrogens with zero attached hydrogens (tertiary/aromatic N) is 2. The molecule has 0 aromatic heterocycles. The highest BCUT2D eigenvalue weighted by molar-refractivity contribution is 8.00. The van der Waals surface area contributed by atoms with Crippen molar-refractivity contribution in [2.24, 2.45) is 0 Å². The molecule has 1 heterocycles. The van der Waals surface area contributed by atoms with Crippen LogP contribution in [0.3, 0.4) is 0 Å². The van der Waals surface area contributed by atoms with Crippen LogP contribution >= 0.6 is 11.9 Å². The van der Waals surface area contributed by atoms with Gasteiger partial charge in [-0.3, -0.25) is 9.69 Å². The second kappa shape index (κ2) is 11.9. The van der Waals surface area contributed by atoms with Crippen molar-refractivity contribution >= 4 is 23.5 Å². The van der Waals surface area contributed by atoms with Gasteiger partial charge in [-0.05, 0) is 48.9 Å². The van der Waals surface area contributed by atoms with Gasteiger partial charge in [0, 0.05) is 55.3 Å². The number of hydrogen-bond donors (Lipinski definition) is 1. The number of nitrogens with one attached hydrogen (secondary N) is 1. The maximum absolute atomic E-state index is 13.5. The fourth-order valence-corrected chi connectivity index (χ4v) is 3.81. The van der Waals surface area contributed by atoms with Gasteiger partial charge in [-0.25, -0.2) is 8.78 Å². The molecule has 1 saturated heterocycles. The minimum atomic E-state index is -0.564. The van der Waals surface area contributed by atoms with Gasteiger partial charge in [-0.15, -0.1) is 0 Å². The summed E-state index contributed by atoms with van der Waals surface area (Å²) in [4.78, 5) is 16.7. The molecule has 0 saturated carbocycles. The first-order chi connectivity index (χ1) is 14.5. The van der Waals surface area contributed by atoms with E-state index in [-0.39, 0.29) is 11.9 Å². The molecule has 7 heteroatoms. The molecule has 1 amide bonds. The minimum absolute atomic E-state index is 0.0128. The van der Waals surface area contributed by atoms with Crippen LogP contribution in [0.2, 0.25) is 0 Å². The van der Waals surface area contributed by atoms with Crippen molar-refractivity contribution in [1.29, 1.82) is 0 Å². The number of benzene rings is 2. The smallest absolute Gasteiger partial charge is 0.253 e. The topological polar surface area (TPSA) is 35.6 Å². The zero-order valence-electron chi connectivity index (χ0n) is 18.1. The van der Waals surface area contributed by atoms with Crippen LogP contribution in [0, 0.1) is 11.6 Å². The second-order valence-electron chi connectivity index (χ2n) is 6.82. The third kappa shape index (κ3) is 6.44. The average Bonchev–Trinajstić information content (AvgIpc) is 2.78. The van der Waals surface area contributed by atoms with Crippen molar-refractivity contribution in [2.45, 2.75) is 33.7 Å². The van der Waals surface area contributed by atoms with Gasteiger partial charge < -0.3 is 9.62 Å². The van der Waals surface area contributed by atoms with E-state index in [1.165, 1.54) is 12.1 Å². The fourth-order valence-electron chi connectivity index (χ4n) is 3.36. The lowest BCUT2D eigenvalue weighted by atomic mass is 10.1. The number of piperazine rings is 1. The summed E-state index contributed by atoms with van der Waals surface area (Å²) in [6.07, 6.45) is 0. The number of halogens is 2. The summed E-state index contributed by atoms with van der Waals surface area (Å²) in [7, 11) is 0. The van der Waals surface area contributed by atoms with Gasteiger partial charge in [-0.1, -0.05) is 32.7 Å². The van der Waals surface area contributed by atoms with E-state index in [0.29, 0.717) is 37.3 Å². The maximum atomic E-state index is 13.5. The third-order valence-electron chi connectivity index (χ3n) is 4.98. The van der Waals surface area contributed by atoms with E-state index < -0.39 is 11.6 Å². The molecule has 30 heavy (non-hydrogen) atoms. The van der Waals surface area contributed by atoms with Gasteiger partial charge in [0.1, 0.15) is 11.6 Å². The van der Waals surface area contributed by atoms with Crippen molar-refractivity contribution in [3.05, 3.63) is 65.2 Å². The molecule has 0 bridgehead atoms. The SMILES string of the molecule is CC.CCSNc1ccc(C(=O)N2CCN(C(C)c3cc(F)cc(F)c3)CC2)cc1. The highest BCUT2D eigenvalue weighted by atomic mass is 32.2. The predicted octanol–water partition coefficient (Wildman–Crippen LogP) is 5.59. The Bertz CT molecular complexity index is 788. The van der Waals surface area contributed by atoms with Crippen LogP contribution in [-0.2, 0) is 0 Å². The standard InChI is InChI=1S/C21H25F2N3OS.C2H6/c1-3-28-24-20-6-4-16(5-7-20)21(27)26-10-8-25(9-11-26)15(2)17-12-18(22)14-19(23)13-17;1-2/h4-7,12-15,24H,3,8-11H2,1-2H3;1-2H3. The summed E-state index contributed by atoms with van der Waals surface area (Å²) in [6.45, 7) is 10.5. The van der Waals surface area contributed by atoms with Gasteiger partial charge in [0.15, 0.2) is 0 Å². The Labute approximate surface area is 182 Å². The number of rotatable bonds is 6. The van der Waals surface area contributed by atoms with E-state index >= 15 is 0 Å². The Morgan fingerprint density at radius 1 is 1.03 bits per heavy atom. The van der Waals surface area contributed by atoms with Crippen LogP contribution in [0.5, 0.6) is 0 Å². The lowest BCUT2D eigenvalue weighted by Crippen LogP contribution is -2.49. The van der Waals surface area contributed by atoms with E-state index in [9.17, 15) is 13.6 Å². The molecule has 0 spiro atoms. The molecule has 1 atom stereocenters. The van der Waals surface area contributed by atoms with E-state index in [1.807, 2.05) is 49.9 Å². The van der Waals surface area contributed by atoms with Gasteiger partial charge in [0.05, 0.1) is 0 Å². The first-order valence-corrected chi connectivity index (χ1v) is 11.4. The summed E-state index contributed by atoms with van der Waals surface area (Å²) in [5, 5.41) is 0. The lowest BCUT2D eigenvalue weighted by Gasteiger charge is -2.38. The number of anilines is 1. The van der Waals surface area contributed by atoms with Crippen molar-refractivity contribution < 1.29 is 13.6 Å². The molecule has 3 rings (SSSR count). The quantitative estimate of drug-likeness (QED) is 0.600.